The molecule has 1 heterocycles. The highest BCUT2D eigenvalue weighted by molar-refractivity contribution is 7.93. The maximum absolute atomic E-state index is 13.2. The molecule has 2 aromatic carbocycles. The van der Waals surface area contributed by atoms with Crippen LogP contribution in [0.5, 0.6) is 5.75 Å². The molecule has 10 nitrogen and oxygen atoms in total. The molecular formula is C19H24N4O6S. The van der Waals surface area contributed by atoms with Gasteiger partial charge in [-0.25, -0.2) is 8.42 Å². The molecule has 0 spiro atoms. The summed E-state index contributed by atoms with van der Waals surface area (Å²) in [4.78, 5) is 14.4. The van der Waals surface area contributed by atoms with Gasteiger partial charge in [-0.3, -0.25) is 19.7 Å². The number of nitrogens with zero attached hydrogens (tertiary/aromatic N) is 3. The molecule has 2 aromatic rings. The number of benzene rings is 2. The Morgan fingerprint density at radius 2 is 1.87 bits per heavy atom. The number of β-amino-alcohol motifs (C(OH)–C–C–N with tert-alkyl or cyclic N) is 1. The van der Waals surface area contributed by atoms with Crippen LogP contribution in [0.2, 0.25) is 0 Å². The van der Waals surface area contributed by atoms with Crippen LogP contribution in [0.4, 0.5) is 17.1 Å². The van der Waals surface area contributed by atoms with Crippen LogP contribution in [0, 0.1) is 10.1 Å². The second-order valence-corrected chi connectivity index (χ2v) is 8.42. The topological polar surface area (TPSA) is 125 Å². The summed E-state index contributed by atoms with van der Waals surface area (Å²) in [5, 5.41) is 20.4. The molecule has 0 aliphatic carbocycles. The lowest BCUT2D eigenvalue weighted by atomic mass is 10.2. The Hall–Kier alpha value is -2.89. The highest BCUT2D eigenvalue weighted by Crippen LogP contribution is 2.33. The lowest BCUT2D eigenvalue weighted by Gasteiger charge is -2.36. The first-order chi connectivity index (χ1) is 14.4. The molecule has 0 saturated carbocycles. The number of anilines is 2. The summed E-state index contributed by atoms with van der Waals surface area (Å²) in [6.07, 6.45) is 0. The molecule has 0 amide bonds. The number of aliphatic hydroxyl groups is 1. The first-order valence-corrected chi connectivity index (χ1v) is 10.9. The van der Waals surface area contributed by atoms with Crippen molar-refractivity contribution in [1.29, 1.82) is 0 Å². The fourth-order valence-corrected chi connectivity index (χ4v) is 4.69. The van der Waals surface area contributed by atoms with Gasteiger partial charge in [0.15, 0.2) is 0 Å². The minimum absolute atomic E-state index is 0.0555. The number of nitrogens with one attached hydrogen (secondary N) is 1. The van der Waals surface area contributed by atoms with Crippen molar-refractivity contribution in [2.24, 2.45) is 0 Å². The number of nitro groups is 1. The standard InChI is InChI=1S/C19H24N4O6S/c1-29-18-5-3-2-4-16(18)20-30(27,28)19-14-15(23(25)26)6-7-17(19)22-10-8-21(9-11-22)12-13-24/h2-7,14,20,24H,8-13H2,1H3. The van der Waals surface area contributed by atoms with Crippen LogP contribution in [0.3, 0.4) is 0 Å². The molecule has 3 rings (SSSR count). The average Bonchev–Trinajstić information content (AvgIpc) is 2.74. The van der Waals surface area contributed by atoms with Gasteiger partial charge in [-0.15, -0.1) is 0 Å². The van der Waals surface area contributed by atoms with Gasteiger partial charge in [0.2, 0.25) is 0 Å². The third-order valence-corrected chi connectivity index (χ3v) is 6.32. The van der Waals surface area contributed by atoms with Gasteiger partial charge in [0.05, 0.1) is 30.0 Å². The number of non-ortho nitro benzene ring substituents is 1. The number of piperazine rings is 1. The van der Waals surface area contributed by atoms with Crippen LogP contribution in [-0.4, -0.2) is 69.8 Å². The van der Waals surface area contributed by atoms with Crippen LogP contribution in [0.15, 0.2) is 47.4 Å². The number of aliphatic hydroxyl groups excluding tert-OH is 1. The third kappa shape index (κ3) is 4.81. The zero-order valence-corrected chi connectivity index (χ0v) is 17.3. The van der Waals surface area contributed by atoms with Crippen LogP contribution in [-0.2, 0) is 10.0 Å². The van der Waals surface area contributed by atoms with E-state index in [1.54, 1.807) is 24.3 Å². The summed E-state index contributed by atoms with van der Waals surface area (Å²) in [7, 11) is -2.71. The van der Waals surface area contributed by atoms with E-state index in [4.69, 9.17) is 9.84 Å². The molecular weight excluding hydrogens is 412 g/mol. The van der Waals surface area contributed by atoms with Crippen LogP contribution < -0.4 is 14.4 Å². The molecule has 1 saturated heterocycles. The highest BCUT2D eigenvalue weighted by Gasteiger charge is 2.28. The number of sulfonamides is 1. The second kappa shape index (κ2) is 9.28. The Bertz CT molecular complexity index is 1010. The Labute approximate surface area is 174 Å². The fourth-order valence-electron chi connectivity index (χ4n) is 3.38. The molecule has 162 valence electrons. The molecule has 11 heteroatoms. The summed E-state index contributed by atoms with van der Waals surface area (Å²) < 4.78 is 34.1. The van der Waals surface area contributed by atoms with Crippen molar-refractivity contribution in [3.8, 4) is 5.75 Å². The fraction of sp³-hybridized carbons (Fsp3) is 0.368. The SMILES string of the molecule is COc1ccccc1NS(=O)(=O)c1cc([N+](=O)[O-])ccc1N1CCN(CCO)CC1. The Balaban J connectivity index is 1.97. The number of hydrogen-bond donors (Lipinski definition) is 2. The van der Waals surface area contributed by atoms with Crippen molar-refractivity contribution >= 4 is 27.1 Å². The van der Waals surface area contributed by atoms with Crippen LogP contribution >= 0.6 is 0 Å². The zero-order chi connectivity index (χ0) is 21.7. The van der Waals surface area contributed by atoms with Gasteiger partial charge in [-0.05, 0) is 18.2 Å². The normalized spacial score (nSPS) is 15.1. The summed E-state index contributed by atoms with van der Waals surface area (Å²) >= 11 is 0. The average molecular weight is 436 g/mol. The molecule has 1 aliphatic rings. The van der Waals surface area contributed by atoms with Crippen LogP contribution in [0.1, 0.15) is 0 Å². The lowest BCUT2D eigenvalue weighted by molar-refractivity contribution is -0.385. The van der Waals surface area contributed by atoms with Gasteiger partial charge in [0.1, 0.15) is 10.6 Å². The summed E-state index contributed by atoms with van der Waals surface area (Å²) in [6.45, 7) is 2.98. The Morgan fingerprint density at radius 3 is 2.50 bits per heavy atom. The van der Waals surface area contributed by atoms with Gasteiger partial charge in [0, 0.05) is 44.9 Å². The van der Waals surface area contributed by atoms with Crippen molar-refractivity contribution in [1.82, 2.24) is 4.90 Å². The summed E-state index contributed by atoms with van der Waals surface area (Å²) in [5.41, 5.74) is 0.329. The molecule has 0 unspecified atom stereocenters. The minimum atomic E-state index is -4.14. The molecule has 0 atom stereocenters. The molecule has 1 aliphatic heterocycles. The van der Waals surface area contributed by atoms with E-state index >= 15 is 0 Å². The number of para-hydroxylation sites is 2. The maximum atomic E-state index is 13.2. The van der Waals surface area contributed by atoms with Crippen molar-refractivity contribution < 1.29 is 23.2 Å². The lowest BCUT2D eigenvalue weighted by Crippen LogP contribution is -2.47. The summed E-state index contributed by atoms with van der Waals surface area (Å²) in [5.74, 6) is 0.339. The van der Waals surface area contributed by atoms with E-state index in [2.05, 4.69) is 9.62 Å². The van der Waals surface area contributed by atoms with Gasteiger partial charge in [-0.1, -0.05) is 12.1 Å². The molecule has 0 bridgehead atoms. The maximum Gasteiger partial charge on any atom is 0.270 e. The van der Waals surface area contributed by atoms with Crippen molar-refractivity contribution in [2.45, 2.75) is 4.90 Å². The quantitative estimate of drug-likeness (QED) is 0.471. The molecule has 1 fully saturated rings. The number of rotatable bonds is 8. The van der Waals surface area contributed by atoms with E-state index in [-0.39, 0.29) is 22.9 Å². The van der Waals surface area contributed by atoms with Gasteiger partial charge < -0.3 is 14.7 Å². The largest absolute Gasteiger partial charge is 0.495 e. The first-order valence-electron chi connectivity index (χ1n) is 9.38. The van der Waals surface area contributed by atoms with E-state index in [0.29, 0.717) is 44.2 Å². The number of methoxy groups -OCH3 is 1. The smallest absolute Gasteiger partial charge is 0.270 e. The second-order valence-electron chi connectivity index (χ2n) is 6.77. The van der Waals surface area contributed by atoms with Crippen LogP contribution in [0.25, 0.3) is 0 Å². The molecule has 30 heavy (non-hydrogen) atoms. The molecule has 0 aromatic heterocycles. The van der Waals surface area contributed by atoms with Gasteiger partial charge in [0.25, 0.3) is 15.7 Å². The summed E-state index contributed by atoms with van der Waals surface area (Å²) in [6, 6.07) is 10.4. The van der Waals surface area contributed by atoms with E-state index in [0.717, 1.165) is 6.07 Å². The third-order valence-electron chi connectivity index (χ3n) is 4.92. The van der Waals surface area contributed by atoms with E-state index in [1.807, 2.05) is 4.90 Å². The van der Waals surface area contributed by atoms with E-state index in [1.165, 1.54) is 19.2 Å². The predicted molar refractivity (Wildman–Crippen MR) is 113 cm³/mol. The minimum Gasteiger partial charge on any atom is -0.495 e. The predicted octanol–water partition coefficient (Wildman–Crippen LogP) is 1.52. The number of nitro benzene ring substituents is 1. The van der Waals surface area contributed by atoms with Gasteiger partial charge in [-0.2, -0.15) is 0 Å². The van der Waals surface area contributed by atoms with E-state index < -0.39 is 14.9 Å². The number of hydrogen-bond acceptors (Lipinski definition) is 8. The molecule has 0 radical (unpaired) electrons. The number of ether oxygens (including phenoxy) is 1. The zero-order valence-electron chi connectivity index (χ0n) is 16.5. The Kier molecular flexibility index (Phi) is 6.75. The highest BCUT2D eigenvalue weighted by atomic mass is 32.2. The van der Waals surface area contributed by atoms with Crippen molar-refractivity contribution in [3.63, 3.8) is 0 Å². The Morgan fingerprint density at radius 1 is 1.17 bits per heavy atom. The first kappa shape index (κ1) is 21.8. The van der Waals surface area contributed by atoms with E-state index in [9.17, 15) is 18.5 Å². The van der Waals surface area contributed by atoms with Crippen molar-refractivity contribution in [2.75, 3.05) is 56.1 Å². The van der Waals surface area contributed by atoms with Gasteiger partial charge >= 0.3 is 0 Å². The monoisotopic (exact) mass is 436 g/mol. The molecule has 2 N–H and O–H groups in total. The van der Waals surface area contributed by atoms with Crippen molar-refractivity contribution in [3.05, 3.63) is 52.6 Å².